The first-order valence-electron chi connectivity index (χ1n) is 16.8. The second-order valence-corrected chi connectivity index (χ2v) is 12.5. The number of hydrogen-bond acceptors (Lipinski definition) is 10. The van der Waals surface area contributed by atoms with Crippen LogP contribution >= 0.6 is 0 Å². The summed E-state index contributed by atoms with van der Waals surface area (Å²) < 4.78 is 36.8. The molecule has 53 heavy (non-hydrogen) atoms. The molecule has 0 spiro atoms. The zero-order valence-electron chi connectivity index (χ0n) is 28.9. The standard InChI is InChI=1S/C41H36N2O10/c1-48-32-19-15-30(16-20-32)41(29-13-7-4-8-14-29,31-17-21-33(49-2)22-18-31)52-26-40-25-51-34(35(40)44)37(53-40)43-24-28(36(45)42-39(43)47)12-9-23-50-38(46)27-10-5-3-6-11-27/h3-8,10-11,13-22,24,34-35,37,44H,23,25-26H2,1-2H3,(H,42,45,47)/t34-,35+,37-,40-/m1/s1. The highest BCUT2D eigenvalue weighted by molar-refractivity contribution is 5.89. The van der Waals surface area contributed by atoms with Crippen molar-refractivity contribution in [3.8, 4) is 23.3 Å². The van der Waals surface area contributed by atoms with Crippen LogP contribution in [0.25, 0.3) is 0 Å². The van der Waals surface area contributed by atoms with Crippen molar-refractivity contribution >= 4 is 5.97 Å². The molecule has 4 atom stereocenters. The zero-order chi connectivity index (χ0) is 37.0. The van der Waals surface area contributed by atoms with E-state index in [0.29, 0.717) is 17.1 Å². The van der Waals surface area contributed by atoms with Crippen LogP contribution in [0.2, 0.25) is 0 Å². The van der Waals surface area contributed by atoms with Crippen LogP contribution in [0.3, 0.4) is 0 Å². The summed E-state index contributed by atoms with van der Waals surface area (Å²) in [7, 11) is 3.19. The van der Waals surface area contributed by atoms with Crippen LogP contribution in [0, 0.1) is 11.8 Å². The summed E-state index contributed by atoms with van der Waals surface area (Å²) in [5.41, 5.74) is -1.48. The molecule has 270 valence electrons. The van der Waals surface area contributed by atoms with E-state index in [-0.39, 0.29) is 25.4 Å². The molecule has 2 aliphatic heterocycles. The normalized spacial score (nSPS) is 20.3. The average molecular weight is 717 g/mol. The predicted molar refractivity (Wildman–Crippen MR) is 192 cm³/mol. The van der Waals surface area contributed by atoms with Crippen LogP contribution in [-0.4, -0.2) is 72.5 Å². The minimum absolute atomic E-state index is 0.0248. The van der Waals surface area contributed by atoms with Gasteiger partial charge in [-0.15, -0.1) is 0 Å². The highest BCUT2D eigenvalue weighted by Crippen LogP contribution is 2.48. The van der Waals surface area contributed by atoms with Gasteiger partial charge in [-0.05, 0) is 53.1 Å². The number of aromatic nitrogens is 2. The number of ether oxygens (including phenoxy) is 6. The van der Waals surface area contributed by atoms with Crippen LogP contribution < -0.4 is 20.7 Å². The van der Waals surface area contributed by atoms with Gasteiger partial charge in [-0.3, -0.25) is 14.3 Å². The van der Waals surface area contributed by atoms with E-state index in [9.17, 15) is 19.5 Å². The molecule has 3 heterocycles. The lowest BCUT2D eigenvalue weighted by molar-refractivity contribution is -0.204. The Bertz CT molecular complexity index is 2200. The molecule has 0 unspecified atom stereocenters. The Kier molecular flexibility index (Phi) is 9.99. The molecule has 2 saturated heterocycles. The fourth-order valence-corrected chi connectivity index (χ4v) is 6.70. The van der Waals surface area contributed by atoms with Gasteiger partial charge in [0.2, 0.25) is 0 Å². The van der Waals surface area contributed by atoms with Crippen molar-refractivity contribution in [3.63, 3.8) is 0 Å². The number of carbonyl (C=O) groups excluding carboxylic acids is 1. The molecule has 2 fully saturated rings. The van der Waals surface area contributed by atoms with Crippen LogP contribution in [0.4, 0.5) is 0 Å². The van der Waals surface area contributed by atoms with Crippen molar-refractivity contribution in [2.45, 2.75) is 29.6 Å². The van der Waals surface area contributed by atoms with Crippen LogP contribution in [0.5, 0.6) is 11.5 Å². The fourth-order valence-electron chi connectivity index (χ4n) is 6.70. The summed E-state index contributed by atoms with van der Waals surface area (Å²) in [4.78, 5) is 40.4. The lowest BCUT2D eigenvalue weighted by atomic mass is 9.79. The minimum Gasteiger partial charge on any atom is -0.497 e. The monoisotopic (exact) mass is 716 g/mol. The van der Waals surface area contributed by atoms with Crippen molar-refractivity contribution in [1.82, 2.24) is 9.55 Å². The van der Waals surface area contributed by atoms with Crippen molar-refractivity contribution < 1.29 is 38.3 Å². The number of H-pyrrole nitrogens is 1. The molecule has 4 aromatic carbocycles. The van der Waals surface area contributed by atoms with Gasteiger partial charge in [-0.2, -0.15) is 0 Å². The van der Waals surface area contributed by atoms with Crippen molar-refractivity contribution in [3.05, 3.63) is 164 Å². The van der Waals surface area contributed by atoms with Gasteiger partial charge in [-0.1, -0.05) is 84.6 Å². The molecule has 0 amide bonds. The second-order valence-electron chi connectivity index (χ2n) is 12.5. The Morgan fingerprint density at radius 3 is 2.08 bits per heavy atom. The number of nitrogens with one attached hydrogen (secondary N) is 1. The predicted octanol–water partition coefficient (Wildman–Crippen LogP) is 3.80. The first-order chi connectivity index (χ1) is 25.8. The number of aromatic amines is 1. The number of aliphatic hydroxyl groups excluding tert-OH is 1. The van der Waals surface area contributed by atoms with Gasteiger partial charge >= 0.3 is 11.7 Å². The summed E-state index contributed by atoms with van der Waals surface area (Å²) in [5, 5.41) is 11.7. The van der Waals surface area contributed by atoms with Crippen molar-refractivity contribution in [2.24, 2.45) is 0 Å². The SMILES string of the molecule is COc1ccc(C(OC[C@@]23CO[C@@H]([C@H](n4cc(C#CCOC(=O)c5ccccc5)c(=O)[nH]c4=O)O2)[C@@H]3O)(c2ccccc2)c2ccc(OC)cc2)cc1. The number of fused-ring (bicyclic) bond motifs is 2. The summed E-state index contributed by atoms with van der Waals surface area (Å²) in [5.74, 6) is 6.06. The quantitative estimate of drug-likeness (QED) is 0.118. The summed E-state index contributed by atoms with van der Waals surface area (Å²) in [6, 6.07) is 33.1. The molecule has 1 aromatic heterocycles. The Balaban J connectivity index is 1.19. The lowest BCUT2D eigenvalue weighted by Crippen LogP contribution is -2.48. The van der Waals surface area contributed by atoms with Crippen LogP contribution in [0.1, 0.15) is 38.8 Å². The summed E-state index contributed by atoms with van der Waals surface area (Å²) >= 11 is 0. The van der Waals surface area contributed by atoms with Gasteiger partial charge in [0.15, 0.2) is 12.8 Å². The van der Waals surface area contributed by atoms with Gasteiger partial charge in [0.1, 0.15) is 40.5 Å². The smallest absolute Gasteiger partial charge is 0.339 e. The van der Waals surface area contributed by atoms with E-state index in [1.54, 1.807) is 44.6 Å². The first-order valence-corrected chi connectivity index (χ1v) is 16.8. The zero-order valence-corrected chi connectivity index (χ0v) is 28.9. The Morgan fingerprint density at radius 1 is 0.887 bits per heavy atom. The maximum absolute atomic E-state index is 13.1. The van der Waals surface area contributed by atoms with Crippen molar-refractivity contribution in [1.29, 1.82) is 0 Å². The number of rotatable bonds is 11. The van der Waals surface area contributed by atoms with E-state index in [0.717, 1.165) is 21.3 Å². The molecule has 2 N–H and O–H groups in total. The maximum atomic E-state index is 13.1. The third kappa shape index (κ3) is 6.74. The molecule has 12 heteroatoms. The van der Waals surface area contributed by atoms with Gasteiger partial charge < -0.3 is 33.5 Å². The number of esters is 1. The number of hydrogen-bond donors (Lipinski definition) is 2. The third-order valence-corrected chi connectivity index (χ3v) is 9.46. The minimum atomic E-state index is -1.40. The first kappa shape index (κ1) is 35.4. The van der Waals surface area contributed by atoms with E-state index in [1.807, 2.05) is 78.9 Å². The molecule has 12 nitrogen and oxygen atoms in total. The number of benzene rings is 4. The van der Waals surface area contributed by atoms with Gasteiger partial charge in [0.25, 0.3) is 5.56 Å². The number of nitrogens with zero attached hydrogens (tertiary/aromatic N) is 1. The largest absolute Gasteiger partial charge is 0.497 e. The highest BCUT2D eigenvalue weighted by atomic mass is 16.7. The average Bonchev–Trinajstić information content (AvgIpc) is 3.66. The van der Waals surface area contributed by atoms with Crippen LogP contribution in [0.15, 0.2) is 125 Å². The Hall–Kier alpha value is -5.97. The van der Waals surface area contributed by atoms with E-state index in [4.69, 9.17) is 28.4 Å². The lowest BCUT2D eigenvalue weighted by Gasteiger charge is -2.39. The molecular formula is C41H36N2O10. The van der Waals surface area contributed by atoms with Gasteiger partial charge in [0, 0.05) is 6.20 Å². The molecular weight excluding hydrogens is 680 g/mol. The number of carbonyl (C=O) groups is 1. The topological polar surface area (TPSA) is 148 Å². The maximum Gasteiger partial charge on any atom is 0.339 e. The molecule has 0 saturated carbocycles. The fraction of sp³-hybridized carbons (Fsp3) is 0.244. The Labute approximate surface area is 304 Å². The summed E-state index contributed by atoms with van der Waals surface area (Å²) in [6.07, 6.45) is -2.07. The number of aliphatic hydroxyl groups is 1. The summed E-state index contributed by atoms with van der Waals surface area (Å²) in [6.45, 7) is -0.475. The number of methoxy groups -OCH3 is 2. The Morgan fingerprint density at radius 2 is 1.47 bits per heavy atom. The molecule has 7 rings (SSSR count). The molecule has 5 aromatic rings. The second kappa shape index (κ2) is 14.9. The van der Waals surface area contributed by atoms with E-state index in [2.05, 4.69) is 16.8 Å². The van der Waals surface area contributed by atoms with Crippen molar-refractivity contribution in [2.75, 3.05) is 34.0 Å². The van der Waals surface area contributed by atoms with E-state index in [1.165, 1.54) is 6.20 Å². The molecule has 2 bridgehead atoms. The van der Waals surface area contributed by atoms with E-state index < -0.39 is 46.9 Å². The third-order valence-electron chi connectivity index (χ3n) is 9.46. The van der Waals surface area contributed by atoms with Gasteiger partial charge in [-0.25, -0.2) is 9.59 Å². The highest BCUT2D eigenvalue weighted by Gasteiger charge is 2.63. The molecule has 0 radical (unpaired) electrons. The molecule has 0 aliphatic carbocycles. The van der Waals surface area contributed by atoms with Gasteiger partial charge in [0.05, 0.1) is 33.0 Å². The molecule has 2 aliphatic rings. The van der Waals surface area contributed by atoms with E-state index >= 15 is 0 Å². The van der Waals surface area contributed by atoms with Crippen LogP contribution in [-0.2, 0) is 24.5 Å².